The monoisotopic (exact) mass is 434 g/mol. The van der Waals surface area contributed by atoms with E-state index in [2.05, 4.69) is 15.0 Å². The Balaban J connectivity index is 0.000000184. The molecule has 1 unspecified atom stereocenters. The van der Waals surface area contributed by atoms with Gasteiger partial charge in [0.1, 0.15) is 11.5 Å². The lowest BCUT2D eigenvalue weighted by molar-refractivity contribution is -0.151. The molecule has 10 heteroatoms. The average molecular weight is 435 g/mol. The topological polar surface area (TPSA) is 141 Å². The molecule has 0 aromatic carbocycles. The van der Waals surface area contributed by atoms with Crippen molar-refractivity contribution in [3.8, 4) is 0 Å². The van der Waals surface area contributed by atoms with E-state index in [1.54, 1.807) is 0 Å². The summed E-state index contributed by atoms with van der Waals surface area (Å²) >= 11 is 5.76. The molecule has 0 radical (unpaired) electrons. The van der Waals surface area contributed by atoms with Crippen LogP contribution < -0.4 is 11.5 Å². The summed E-state index contributed by atoms with van der Waals surface area (Å²) in [6, 6.07) is 1.45. The summed E-state index contributed by atoms with van der Waals surface area (Å²) in [5.41, 5.74) is 11.1. The van der Waals surface area contributed by atoms with Gasteiger partial charge in [0.25, 0.3) is 0 Å². The number of esters is 1. The lowest BCUT2D eigenvalue weighted by Gasteiger charge is -2.40. The van der Waals surface area contributed by atoms with Crippen LogP contribution in [0.15, 0.2) is 18.5 Å². The molecule has 1 atom stereocenters. The summed E-state index contributed by atoms with van der Waals surface area (Å²) in [7, 11) is 1.50. The number of hydrogen-bond acceptors (Lipinski definition) is 8. The average Bonchev–Trinajstić information content (AvgIpc) is 2.77. The number of nitrogens with one attached hydrogen (secondary N) is 1. The fourth-order valence-electron chi connectivity index (χ4n) is 4.09. The maximum absolute atomic E-state index is 12.9. The van der Waals surface area contributed by atoms with E-state index in [0.29, 0.717) is 10.9 Å². The highest BCUT2D eigenvalue weighted by Crippen LogP contribution is 2.45. The first kappa shape index (κ1) is 21.9. The van der Waals surface area contributed by atoms with Crippen LogP contribution in [0, 0.1) is 29.0 Å². The SMILES string of the molecule is COC(=O)C1CC2CCC1CC2.N=C(c1ncc(F)c(N)n1)c1cc(Cl)cnc1N. The molecule has 3 saturated carbocycles. The van der Waals surface area contributed by atoms with E-state index < -0.39 is 5.82 Å². The van der Waals surface area contributed by atoms with E-state index in [9.17, 15) is 9.18 Å². The van der Waals surface area contributed by atoms with E-state index in [0.717, 1.165) is 18.5 Å². The third-order valence-corrected chi connectivity index (χ3v) is 5.91. The fourth-order valence-corrected chi connectivity index (χ4v) is 4.25. The lowest BCUT2D eigenvalue weighted by Crippen LogP contribution is -2.36. The van der Waals surface area contributed by atoms with Crippen LogP contribution in [0.4, 0.5) is 16.0 Å². The van der Waals surface area contributed by atoms with E-state index in [-0.39, 0.29) is 40.6 Å². The van der Waals surface area contributed by atoms with Crippen LogP contribution >= 0.6 is 11.6 Å². The minimum atomic E-state index is -0.747. The Morgan fingerprint density at radius 1 is 1.20 bits per heavy atom. The first-order valence-electron chi connectivity index (χ1n) is 9.66. The first-order valence-corrected chi connectivity index (χ1v) is 10.0. The molecule has 3 aliphatic rings. The van der Waals surface area contributed by atoms with Crippen LogP contribution in [0.1, 0.15) is 43.5 Å². The zero-order valence-electron chi connectivity index (χ0n) is 16.6. The van der Waals surface area contributed by atoms with E-state index >= 15 is 0 Å². The Morgan fingerprint density at radius 2 is 1.90 bits per heavy atom. The van der Waals surface area contributed by atoms with Gasteiger partial charge in [-0.3, -0.25) is 10.2 Å². The second-order valence-electron chi connectivity index (χ2n) is 7.53. The highest BCUT2D eigenvalue weighted by atomic mass is 35.5. The number of nitrogens with zero attached hydrogens (tertiary/aromatic N) is 3. The molecule has 0 spiro atoms. The van der Waals surface area contributed by atoms with E-state index in [1.165, 1.54) is 45.1 Å². The predicted octanol–water partition coefficient (Wildman–Crippen LogP) is 3.23. The normalized spacial score (nSPS) is 22.0. The number of anilines is 2. The maximum Gasteiger partial charge on any atom is 0.308 e. The number of nitrogens with two attached hydrogens (primary N) is 2. The Bertz CT molecular complexity index is 949. The molecule has 0 amide bonds. The van der Waals surface area contributed by atoms with Gasteiger partial charge in [-0.25, -0.2) is 19.3 Å². The van der Waals surface area contributed by atoms with Gasteiger partial charge in [0.2, 0.25) is 0 Å². The van der Waals surface area contributed by atoms with Gasteiger partial charge in [-0.1, -0.05) is 24.4 Å². The highest BCUT2D eigenvalue weighted by Gasteiger charge is 2.39. The van der Waals surface area contributed by atoms with Gasteiger partial charge < -0.3 is 16.2 Å². The smallest absolute Gasteiger partial charge is 0.308 e. The van der Waals surface area contributed by atoms with E-state index in [4.69, 9.17) is 33.2 Å². The van der Waals surface area contributed by atoms with Crippen molar-refractivity contribution in [2.45, 2.75) is 32.1 Å². The van der Waals surface area contributed by atoms with Crippen molar-refractivity contribution in [3.05, 3.63) is 40.7 Å². The molecule has 5 rings (SSSR count). The third kappa shape index (κ3) is 4.84. The zero-order valence-corrected chi connectivity index (χ0v) is 17.3. The summed E-state index contributed by atoms with van der Waals surface area (Å²) in [5, 5.41) is 8.21. The Morgan fingerprint density at radius 3 is 2.47 bits per heavy atom. The molecule has 8 nitrogen and oxygen atoms in total. The van der Waals surface area contributed by atoms with Crippen molar-refractivity contribution in [2.24, 2.45) is 17.8 Å². The molecular formula is C20H24ClFN6O2. The molecule has 2 aromatic heterocycles. The summed E-state index contributed by atoms with van der Waals surface area (Å²) in [4.78, 5) is 22.5. The third-order valence-electron chi connectivity index (χ3n) is 5.70. The van der Waals surface area contributed by atoms with Gasteiger partial charge >= 0.3 is 5.97 Å². The summed E-state index contributed by atoms with van der Waals surface area (Å²) in [6.45, 7) is 0. The van der Waals surface area contributed by atoms with Gasteiger partial charge in [-0.05, 0) is 37.2 Å². The van der Waals surface area contributed by atoms with Crippen molar-refractivity contribution < 1.29 is 13.9 Å². The van der Waals surface area contributed by atoms with Crippen molar-refractivity contribution in [2.75, 3.05) is 18.6 Å². The van der Waals surface area contributed by atoms with Gasteiger partial charge in [-0.15, -0.1) is 0 Å². The van der Waals surface area contributed by atoms with Crippen LogP contribution in [0.2, 0.25) is 5.02 Å². The molecule has 0 aliphatic heterocycles. The zero-order chi connectivity index (χ0) is 21.8. The minimum absolute atomic E-state index is 0.0319. The molecule has 30 heavy (non-hydrogen) atoms. The number of carbonyl (C=O) groups excluding carboxylic acids is 1. The van der Waals surface area contributed by atoms with Crippen molar-refractivity contribution in [3.63, 3.8) is 0 Å². The Kier molecular flexibility index (Phi) is 6.81. The number of aromatic nitrogens is 3. The lowest BCUT2D eigenvalue weighted by atomic mass is 9.65. The fraction of sp³-hybridized carbons (Fsp3) is 0.450. The maximum atomic E-state index is 12.9. The molecule has 3 aliphatic carbocycles. The Hall–Kier alpha value is -2.81. The van der Waals surface area contributed by atoms with Crippen LogP contribution in [0.3, 0.4) is 0 Å². The van der Waals surface area contributed by atoms with E-state index in [1.807, 2.05) is 0 Å². The standard InChI is InChI=1S/C10H8ClFN6.C10H16O2/c11-4-1-5(8(14)16-2-4)7(13)10-17-3-6(12)9(15)18-10;1-12-10(11)9-6-7-2-4-8(9)5-3-7/h1-3,13H,(H2,14,16)(H2,15,17,18);7-9H,2-6H2,1H3. The summed E-state index contributed by atoms with van der Waals surface area (Å²) < 4.78 is 17.7. The number of pyridine rings is 1. The van der Waals surface area contributed by atoms with Crippen LogP contribution in [0.5, 0.6) is 0 Å². The van der Waals surface area contributed by atoms with Crippen molar-refractivity contribution >= 4 is 34.9 Å². The number of rotatable bonds is 3. The van der Waals surface area contributed by atoms with Crippen LogP contribution in [-0.2, 0) is 9.53 Å². The number of methoxy groups -OCH3 is 1. The highest BCUT2D eigenvalue weighted by molar-refractivity contribution is 6.31. The summed E-state index contributed by atoms with van der Waals surface area (Å²) in [5.74, 6) is 0.705. The molecule has 5 N–H and O–H groups in total. The van der Waals surface area contributed by atoms with Crippen LogP contribution in [0.25, 0.3) is 0 Å². The number of halogens is 2. The molecule has 0 saturated heterocycles. The first-order chi connectivity index (χ1) is 14.3. The largest absolute Gasteiger partial charge is 0.469 e. The Labute approximate surface area is 178 Å². The molecule has 2 aromatic rings. The van der Waals surface area contributed by atoms with Gasteiger partial charge in [-0.2, -0.15) is 0 Å². The van der Waals surface area contributed by atoms with Gasteiger partial charge in [0.05, 0.1) is 24.2 Å². The number of ether oxygens (including phenoxy) is 1. The number of fused-ring (bicyclic) bond motifs is 3. The van der Waals surface area contributed by atoms with Crippen LogP contribution in [-0.4, -0.2) is 33.7 Å². The molecule has 160 valence electrons. The van der Waals surface area contributed by atoms with Gasteiger partial charge in [0.15, 0.2) is 17.5 Å². The summed E-state index contributed by atoms with van der Waals surface area (Å²) in [6.07, 6.45) is 8.54. The molecule has 3 fully saturated rings. The molecule has 2 heterocycles. The number of hydrogen-bond donors (Lipinski definition) is 3. The quantitative estimate of drug-likeness (QED) is 0.497. The number of nitrogen functional groups attached to an aromatic ring is 2. The molecular weight excluding hydrogens is 411 g/mol. The molecule has 2 bridgehead atoms. The predicted molar refractivity (Wildman–Crippen MR) is 112 cm³/mol. The second kappa shape index (κ2) is 9.34. The second-order valence-corrected chi connectivity index (χ2v) is 7.97. The van der Waals surface area contributed by atoms with Crippen molar-refractivity contribution in [1.29, 1.82) is 5.41 Å². The van der Waals surface area contributed by atoms with Crippen molar-refractivity contribution in [1.82, 2.24) is 15.0 Å². The van der Waals surface area contributed by atoms with Gasteiger partial charge in [0, 0.05) is 11.8 Å². The number of carbonyl (C=O) groups is 1. The minimum Gasteiger partial charge on any atom is -0.469 e.